The van der Waals surface area contributed by atoms with Crippen LogP contribution < -0.4 is 5.32 Å². The van der Waals surface area contributed by atoms with E-state index in [9.17, 15) is 0 Å². The molecule has 1 rings (SSSR count). The van der Waals surface area contributed by atoms with Crippen LogP contribution in [0.4, 0.5) is 0 Å². The second-order valence-electron chi connectivity index (χ2n) is 4.44. The second-order valence-corrected chi connectivity index (χ2v) is 4.44. The zero-order valence-electron chi connectivity index (χ0n) is 10.7. The van der Waals surface area contributed by atoms with Gasteiger partial charge in [0.2, 0.25) is 0 Å². The van der Waals surface area contributed by atoms with E-state index in [2.05, 4.69) is 30.5 Å². The first kappa shape index (κ1) is 13.2. The van der Waals surface area contributed by atoms with Crippen LogP contribution in [0.3, 0.4) is 0 Å². The van der Waals surface area contributed by atoms with E-state index in [1.165, 1.54) is 44.2 Å². The summed E-state index contributed by atoms with van der Waals surface area (Å²) in [7, 11) is 0. The van der Waals surface area contributed by atoms with Crippen molar-refractivity contribution in [1.29, 1.82) is 0 Å². The molecule has 0 unspecified atom stereocenters. The van der Waals surface area contributed by atoms with E-state index in [4.69, 9.17) is 0 Å². The predicted molar refractivity (Wildman–Crippen MR) is 68.6 cm³/mol. The lowest BCUT2D eigenvalue weighted by molar-refractivity contribution is 0.524. The molecule has 0 spiro atoms. The van der Waals surface area contributed by atoms with Crippen LogP contribution in [0.2, 0.25) is 0 Å². The van der Waals surface area contributed by atoms with Gasteiger partial charge in [0.05, 0.1) is 6.20 Å². The molecule has 16 heavy (non-hydrogen) atoms. The van der Waals surface area contributed by atoms with Gasteiger partial charge in [0.1, 0.15) is 0 Å². The Morgan fingerprint density at radius 1 is 1.19 bits per heavy atom. The van der Waals surface area contributed by atoms with Gasteiger partial charge in [-0.15, -0.1) is 0 Å². The van der Waals surface area contributed by atoms with Crippen LogP contribution in [-0.2, 0) is 6.54 Å². The fourth-order valence-corrected chi connectivity index (χ4v) is 1.77. The molecule has 0 bridgehead atoms. The molecule has 3 nitrogen and oxygen atoms in total. The van der Waals surface area contributed by atoms with Gasteiger partial charge in [-0.05, 0) is 44.8 Å². The highest BCUT2D eigenvalue weighted by Crippen LogP contribution is 2.02. The molecule has 0 radical (unpaired) electrons. The summed E-state index contributed by atoms with van der Waals surface area (Å²) in [6.45, 7) is 7.69. The molecule has 1 N–H and O–H groups in total. The summed E-state index contributed by atoms with van der Waals surface area (Å²) in [5.41, 5.74) is 1.25. The molecule has 0 aliphatic carbocycles. The van der Waals surface area contributed by atoms with Crippen molar-refractivity contribution >= 4 is 0 Å². The summed E-state index contributed by atoms with van der Waals surface area (Å²) in [6, 6.07) is 0. The van der Waals surface area contributed by atoms with Crippen molar-refractivity contribution in [3.63, 3.8) is 0 Å². The Kier molecular flexibility index (Phi) is 6.90. The number of hydrogen-bond acceptors (Lipinski definition) is 2. The standard InChI is InChI=1S/C13H25N3/c1-3-8-14-9-6-4-5-7-10-16-12-13(2)11-15-16/h11-12,14H,3-10H2,1-2H3. The lowest BCUT2D eigenvalue weighted by atomic mass is 10.2. The summed E-state index contributed by atoms with van der Waals surface area (Å²) in [5.74, 6) is 0. The highest BCUT2D eigenvalue weighted by Gasteiger charge is 1.94. The number of hydrogen-bond donors (Lipinski definition) is 1. The summed E-state index contributed by atoms with van der Waals surface area (Å²) in [5, 5.41) is 7.71. The van der Waals surface area contributed by atoms with E-state index in [0.29, 0.717) is 0 Å². The zero-order chi connectivity index (χ0) is 11.6. The topological polar surface area (TPSA) is 29.9 Å². The van der Waals surface area contributed by atoms with Crippen LogP contribution in [0.15, 0.2) is 12.4 Å². The maximum absolute atomic E-state index is 4.28. The number of aryl methyl sites for hydroxylation is 2. The molecule has 0 aliphatic rings. The molecular formula is C13H25N3. The Hall–Kier alpha value is -0.830. The molecule has 0 saturated carbocycles. The molecule has 3 heteroatoms. The van der Waals surface area contributed by atoms with Crippen molar-refractivity contribution in [3.8, 4) is 0 Å². The summed E-state index contributed by atoms with van der Waals surface area (Å²) >= 11 is 0. The average Bonchev–Trinajstić information content (AvgIpc) is 2.68. The Bertz CT molecular complexity index is 268. The number of aromatic nitrogens is 2. The molecule has 0 saturated heterocycles. The van der Waals surface area contributed by atoms with Crippen LogP contribution in [0, 0.1) is 6.92 Å². The fourth-order valence-electron chi connectivity index (χ4n) is 1.77. The third-order valence-corrected chi connectivity index (χ3v) is 2.68. The minimum absolute atomic E-state index is 1.07. The monoisotopic (exact) mass is 223 g/mol. The van der Waals surface area contributed by atoms with Crippen LogP contribution in [0.1, 0.15) is 44.6 Å². The van der Waals surface area contributed by atoms with Gasteiger partial charge < -0.3 is 5.32 Å². The van der Waals surface area contributed by atoms with Gasteiger partial charge >= 0.3 is 0 Å². The normalized spacial score (nSPS) is 10.9. The molecule has 1 aromatic heterocycles. The molecule has 1 heterocycles. The van der Waals surface area contributed by atoms with Gasteiger partial charge in [0.25, 0.3) is 0 Å². The van der Waals surface area contributed by atoms with Crippen molar-refractivity contribution in [2.24, 2.45) is 0 Å². The Morgan fingerprint density at radius 3 is 2.69 bits per heavy atom. The van der Waals surface area contributed by atoms with Crippen LogP contribution in [0.25, 0.3) is 0 Å². The highest BCUT2D eigenvalue weighted by atomic mass is 15.3. The van der Waals surface area contributed by atoms with Gasteiger partial charge in [-0.3, -0.25) is 4.68 Å². The van der Waals surface area contributed by atoms with E-state index in [0.717, 1.165) is 13.1 Å². The number of nitrogens with one attached hydrogen (secondary N) is 1. The van der Waals surface area contributed by atoms with E-state index >= 15 is 0 Å². The van der Waals surface area contributed by atoms with E-state index in [1.807, 2.05) is 10.9 Å². The van der Waals surface area contributed by atoms with Crippen molar-refractivity contribution in [2.45, 2.75) is 52.5 Å². The first-order valence-electron chi connectivity index (χ1n) is 6.52. The van der Waals surface area contributed by atoms with Gasteiger partial charge in [0.15, 0.2) is 0 Å². The Morgan fingerprint density at radius 2 is 2.00 bits per heavy atom. The largest absolute Gasteiger partial charge is 0.317 e. The van der Waals surface area contributed by atoms with Crippen LogP contribution in [0.5, 0.6) is 0 Å². The lowest BCUT2D eigenvalue weighted by Crippen LogP contribution is -2.15. The van der Waals surface area contributed by atoms with E-state index in [-0.39, 0.29) is 0 Å². The van der Waals surface area contributed by atoms with Gasteiger partial charge in [-0.1, -0.05) is 19.8 Å². The maximum Gasteiger partial charge on any atom is 0.0518 e. The number of nitrogens with zero attached hydrogens (tertiary/aromatic N) is 2. The van der Waals surface area contributed by atoms with E-state index < -0.39 is 0 Å². The summed E-state index contributed by atoms with van der Waals surface area (Å²) in [6.07, 6.45) is 10.5. The minimum atomic E-state index is 1.07. The predicted octanol–water partition coefficient (Wildman–Crippen LogP) is 2.75. The number of unbranched alkanes of at least 4 members (excludes halogenated alkanes) is 3. The van der Waals surface area contributed by atoms with Gasteiger partial charge in [-0.25, -0.2) is 0 Å². The average molecular weight is 223 g/mol. The third-order valence-electron chi connectivity index (χ3n) is 2.68. The van der Waals surface area contributed by atoms with E-state index in [1.54, 1.807) is 0 Å². The quantitative estimate of drug-likeness (QED) is 0.652. The molecule has 0 aliphatic heterocycles. The zero-order valence-corrected chi connectivity index (χ0v) is 10.7. The molecule has 0 amide bonds. The van der Waals surface area contributed by atoms with Gasteiger partial charge in [-0.2, -0.15) is 5.10 Å². The SMILES string of the molecule is CCCNCCCCCCn1cc(C)cn1. The van der Waals surface area contributed by atoms with Crippen LogP contribution >= 0.6 is 0 Å². The molecule has 0 aromatic carbocycles. The van der Waals surface area contributed by atoms with Crippen molar-refractivity contribution in [3.05, 3.63) is 18.0 Å². The van der Waals surface area contributed by atoms with Gasteiger partial charge in [0, 0.05) is 12.7 Å². The maximum atomic E-state index is 4.28. The summed E-state index contributed by atoms with van der Waals surface area (Å²) < 4.78 is 2.05. The molecular weight excluding hydrogens is 198 g/mol. The van der Waals surface area contributed by atoms with Crippen molar-refractivity contribution in [1.82, 2.24) is 15.1 Å². The minimum Gasteiger partial charge on any atom is -0.317 e. The molecule has 92 valence electrons. The fraction of sp³-hybridized carbons (Fsp3) is 0.769. The smallest absolute Gasteiger partial charge is 0.0518 e. The Balaban J connectivity index is 1.88. The Labute approximate surface area is 99.2 Å². The highest BCUT2D eigenvalue weighted by molar-refractivity contribution is 4.99. The number of rotatable bonds is 9. The molecule has 1 aromatic rings. The third kappa shape index (κ3) is 5.91. The van der Waals surface area contributed by atoms with Crippen molar-refractivity contribution < 1.29 is 0 Å². The molecule has 0 fully saturated rings. The van der Waals surface area contributed by atoms with Crippen molar-refractivity contribution in [2.75, 3.05) is 13.1 Å². The molecule has 0 atom stereocenters. The first-order valence-corrected chi connectivity index (χ1v) is 6.52. The second kappa shape index (κ2) is 8.34. The van der Waals surface area contributed by atoms with Crippen LogP contribution in [-0.4, -0.2) is 22.9 Å². The summed E-state index contributed by atoms with van der Waals surface area (Å²) in [4.78, 5) is 0. The lowest BCUT2D eigenvalue weighted by Gasteiger charge is -2.03. The first-order chi connectivity index (χ1) is 7.83.